The largest absolute Gasteiger partial charge is 0.434 e. The number of aliphatic hydroxyl groups excluding tert-OH is 1. The Hall–Kier alpha value is 0.274. The highest BCUT2D eigenvalue weighted by atomic mass is 28.3. The fraction of sp³-hybridized carbons (Fsp3) is 1.00. The highest BCUT2D eigenvalue weighted by molar-refractivity contribution is 6.38. The fourth-order valence-corrected chi connectivity index (χ4v) is 1.45. The Kier molecular flexibility index (Phi) is 10.5. The molecule has 0 atom stereocenters. The molecule has 0 aromatic heterocycles. The smallest absolute Gasteiger partial charge is 0.418 e. The molecule has 0 saturated carbocycles. The third-order valence-corrected chi connectivity index (χ3v) is 2.42. The minimum Gasteiger partial charge on any atom is -0.434 e. The molecule has 0 aliphatic carbocycles. The minimum atomic E-state index is -0.398. The summed E-state index contributed by atoms with van der Waals surface area (Å²) < 4.78 is 9.75. The first-order chi connectivity index (χ1) is 5.41. The lowest BCUT2D eigenvalue weighted by molar-refractivity contribution is 0.0926. The topological polar surface area (TPSA) is 58.9 Å². The average molecular weight is 192 g/mol. The molecule has 4 nitrogen and oxygen atoms in total. The normalized spacial score (nSPS) is 10.4. The third-order valence-electron chi connectivity index (χ3n) is 0.921. The molecule has 0 fully saturated rings. The molecule has 2 N–H and O–H groups in total. The van der Waals surface area contributed by atoms with Crippen molar-refractivity contribution in [2.24, 2.45) is 0 Å². The summed E-state index contributed by atoms with van der Waals surface area (Å²) in [5, 5.41) is 8.33. The SMILES string of the molecule is OCCOCCC[Si]O[Si]O. The van der Waals surface area contributed by atoms with E-state index in [1.54, 1.807) is 0 Å². The van der Waals surface area contributed by atoms with Gasteiger partial charge in [-0.25, -0.2) is 0 Å². The molecule has 0 aliphatic heterocycles. The van der Waals surface area contributed by atoms with E-state index >= 15 is 0 Å². The van der Waals surface area contributed by atoms with E-state index in [0.29, 0.717) is 23.0 Å². The van der Waals surface area contributed by atoms with E-state index in [4.69, 9.17) is 18.8 Å². The average Bonchev–Trinajstić information content (AvgIpc) is 2.03. The van der Waals surface area contributed by atoms with E-state index in [1.165, 1.54) is 0 Å². The van der Waals surface area contributed by atoms with Crippen LogP contribution >= 0.6 is 0 Å². The van der Waals surface area contributed by atoms with Gasteiger partial charge in [0.15, 0.2) is 0 Å². The van der Waals surface area contributed by atoms with Crippen molar-refractivity contribution in [3.63, 3.8) is 0 Å². The molecule has 0 bridgehead atoms. The van der Waals surface area contributed by atoms with Crippen molar-refractivity contribution in [3.8, 4) is 0 Å². The van der Waals surface area contributed by atoms with Crippen LogP contribution in [0.2, 0.25) is 6.04 Å². The van der Waals surface area contributed by atoms with Gasteiger partial charge in [-0.3, -0.25) is 0 Å². The van der Waals surface area contributed by atoms with Crippen LogP contribution in [-0.4, -0.2) is 49.5 Å². The van der Waals surface area contributed by atoms with Gasteiger partial charge in [-0.1, -0.05) is 0 Å². The second-order valence-corrected chi connectivity index (χ2v) is 3.56. The second-order valence-electron chi connectivity index (χ2n) is 1.78. The number of hydrogen-bond donors (Lipinski definition) is 2. The van der Waals surface area contributed by atoms with E-state index in [2.05, 4.69) is 0 Å². The second kappa shape index (κ2) is 10.3. The minimum absolute atomic E-state index is 0.0802. The fourth-order valence-electron chi connectivity index (χ4n) is 0.496. The summed E-state index contributed by atoms with van der Waals surface area (Å²) in [4.78, 5) is 8.26. The summed E-state index contributed by atoms with van der Waals surface area (Å²) in [6.45, 7) is 1.15. The van der Waals surface area contributed by atoms with Gasteiger partial charge >= 0.3 is 10.0 Å². The van der Waals surface area contributed by atoms with E-state index in [9.17, 15) is 0 Å². The van der Waals surface area contributed by atoms with Gasteiger partial charge in [0, 0.05) is 6.61 Å². The van der Waals surface area contributed by atoms with Crippen LogP contribution in [0.25, 0.3) is 0 Å². The molecule has 6 heteroatoms. The Morgan fingerprint density at radius 1 is 1.27 bits per heavy atom. The van der Waals surface area contributed by atoms with Crippen molar-refractivity contribution in [1.29, 1.82) is 0 Å². The first kappa shape index (κ1) is 11.3. The Labute approximate surface area is 71.5 Å². The Bertz CT molecular complexity index is 65.5. The van der Waals surface area contributed by atoms with Crippen LogP contribution < -0.4 is 0 Å². The Morgan fingerprint density at radius 2 is 2.09 bits per heavy atom. The lowest BCUT2D eigenvalue weighted by Gasteiger charge is -2.00. The van der Waals surface area contributed by atoms with Gasteiger partial charge in [-0.2, -0.15) is 0 Å². The molecule has 4 radical (unpaired) electrons. The predicted molar refractivity (Wildman–Crippen MR) is 42.1 cm³/mol. The van der Waals surface area contributed by atoms with E-state index in [0.717, 1.165) is 12.5 Å². The summed E-state index contributed by atoms with van der Waals surface area (Å²) in [7, 11) is -0.0344. The van der Waals surface area contributed by atoms with Crippen LogP contribution in [0.5, 0.6) is 0 Å². The first-order valence-corrected chi connectivity index (χ1v) is 5.35. The molecule has 11 heavy (non-hydrogen) atoms. The van der Waals surface area contributed by atoms with Crippen molar-refractivity contribution in [2.45, 2.75) is 12.5 Å². The number of hydrogen-bond acceptors (Lipinski definition) is 4. The molecule has 0 heterocycles. The molecule has 64 valence electrons. The molecule has 0 unspecified atom stereocenters. The highest BCUT2D eigenvalue weighted by Crippen LogP contribution is 1.89. The molecule has 0 aliphatic rings. The summed E-state index contributed by atoms with van der Waals surface area (Å²) in [5.41, 5.74) is 0. The van der Waals surface area contributed by atoms with Gasteiger partial charge in [0.1, 0.15) is 0 Å². The monoisotopic (exact) mass is 192 g/mol. The van der Waals surface area contributed by atoms with Gasteiger partial charge in [0.2, 0.25) is 9.76 Å². The molecule has 0 spiro atoms. The Balaban J connectivity index is 2.69. The quantitative estimate of drug-likeness (QED) is 0.381. The van der Waals surface area contributed by atoms with Crippen molar-refractivity contribution < 1.29 is 18.8 Å². The zero-order chi connectivity index (χ0) is 8.36. The van der Waals surface area contributed by atoms with Crippen LogP contribution in [-0.2, 0) is 8.85 Å². The van der Waals surface area contributed by atoms with E-state index < -0.39 is 10.0 Å². The molecule has 0 aromatic carbocycles. The maximum atomic E-state index is 8.33. The molecule has 0 amide bonds. The third kappa shape index (κ3) is 10.3. The lowest BCUT2D eigenvalue weighted by atomic mass is 10.5. The highest BCUT2D eigenvalue weighted by Gasteiger charge is 1.92. The van der Waals surface area contributed by atoms with Crippen LogP contribution in [0.4, 0.5) is 0 Å². The van der Waals surface area contributed by atoms with Crippen molar-refractivity contribution in [1.82, 2.24) is 0 Å². The van der Waals surface area contributed by atoms with Crippen molar-refractivity contribution >= 4 is 19.8 Å². The van der Waals surface area contributed by atoms with Gasteiger partial charge in [-0.05, 0) is 12.5 Å². The summed E-state index contributed by atoms with van der Waals surface area (Å²) in [6, 6.07) is 0.916. The number of ether oxygens (including phenoxy) is 1. The molecule has 0 aromatic rings. The van der Waals surface area contributed by atoms with Crippen LogP contribution in [0, 0.1) is 0 Å². The zero-order valence-electron chi connectivity index (χ0n) is 6.25. The van der Waals surface area contributed by atoms with Crippen LogP contribution in [0.3, 0.4) is 0 Å². The van der Waals surface area contributed by atoms with Gasteiger partial charge in [0.25, 0.3) is 0 Å². The van der Waals surface area contributed by atoms with Crippen LogP contribution in [0.1, 0.15) is 6.42 Å². The molecular weight excluding hydrogens is 180 g/mol. The summed E-state index contributed by atoms with van der Waals surface area (Å²) >= 11 is 0. The maximum Gasteiger partial charge on any atom is 0.418 e. The van der Waals surface area contributed by atoms with Gasteiger partial charge < -0.3 is 18.8 Å². The van der Waals surface area contributed by atoms with E-state index in [-0.39, 0.29) is 6.61 Å². The summed E-state index contributed by atoms with van der Waals surface area (Å²) in [5.74, 6) is 0. The first-order valence-electron chi connectivity index (χ1n) is 3.38. The maximum absolute atomic E-state index is 8.33. The summed E-state index contributed by atoms with van der Waals surface area (Å²) in [6.07, 6.45) is 0.920. The molecule has 0 rings (SSSR count). The number of aliphatic hydroxyl groups is 1. The standard InChI is InChI=1S/C5H12O4Si2/c6-2-4-8-3-1-5-10-9-11-7/h6-7H,1-5H2. The van der Waals surface area contributed by atoms with E-state index in [1.807, 2.05) is 0 Å². The molecule has 0 saturated heterocycles. The lowest BCUT2D eigenvalue weighted by Crippen LogP contribution is -2.05. The zero-order valence-corrected chi connectivity index (χ0v) is 8.25. The van der Waals surface area contributed by atoms with Crippen molar-refractivity contribution in [3.05, 3.63) is 0 Å². The van der Waals surface area contributed by atoms with Crippen molar-refractivity contribution in [2.75, 3.05) is 19.8 Å². The van der Waals surface area contributed by atoms with Crippen LogP contribution in [0.15, 0.2) is 0 Å². The number of rotatable bonds is 8. The Morgan fingerprint density at radius 3 is 2.73 bits per heavy atom. The predicted octanol–water partition coefficient (Wildman–Crippen LogP) is -1.03. The van der Waals surface area contributed by atoms with Gasteiger partial charge in [-0.15, -0.1) is 0 Å². The molecular formula is C5H12O4Si2. The van der Waals surface area contributed by atoms with Gasteiger partial charge in [0.05, 0.1) is 13.2 Å².